The van der Waals surface area contributed by atoms with Crippen LogP contribution in [0.25, 0.3) is 0 Å². The number of carbonyl (C=O) groups is 2. The van der Waals surface area contributed by atoms with E-state index in [4.69, 9.17) is 0 Å². The molecule has 0 atom stereocenters. The Morgan fingerprint density at radius 3 is 2.74 bits per heavy atom. The Kier molecular flexibility index (Phi) is 5.91. The molecule has 0 fully saturated rings. The molecular weight excluding hydrogens is 364 g/mol. The van der Waals surface area contributed by atoms with Gasteiger partial charge in [-0.2, -0.15) is 10.2 Å². The van der Waals surface area contributed by atoms with Gasteiger partial charge in [0.2, 0.25) is 5.91 Å². The van der Waals surface area contributed by atoms with Gasteiger partial charge in [0.1, 0.15) is 5.69 Å². The monoisotopic (exact) mass is 382 g/mol. The first-order valence-electron chi connectivity index (χ1n) is 7.29. The number of halogens is 1. The lowest BCUT2D eigenvalue weighted by Gasteiger charge is -2.08. The van der Waals surface area contributed by atoms with E-state index in [0.29, 0.717) is 24.5 Å². The maximum atomic E-state index is 12.1. The summed E-state index contributed by atoms with van der Waals surface area (Å²) in [5.41, 5.74) is 0.751. The van der Waals surface area contributed by atoms with E-state index in [2.05, 4.69) is 36.8 Å². The number of carbonyl (C=O) groups excluding carboxylic acids is 2. The quantitative estimate of drug-likeness (QED) is 0.759. The lowest BCUT2D eigenvalue weighted by atomic mass is 10.3. The third kappa shape index (κ3) is 4.65. The summed E-state index contributed by atoms with van der Waals surface area (Å²) in [6, 6.07) is 0. The summed E-state index contributed by atoms with van der Waals surface area (Å²) in [7, 11) is 1.66. The fourth-order valence-electron chi connectivity index (χ4n) is 2.01. The summed E-state index contributed by atoms with van der Waals surface area (Å²) in [5, 5.41) is 13.6. The van der Waals surface area contributed by atoms with Crippen LogP contribution in [-0.2, 0) is 18.4 Å². The van der Waals surface area contributed by atoms with Crippen molar-refractivity contribution >= 4 is 33.4 Å². The molecule has 0 aromatic carbocycles. The molecule has 0 saturated carbocycles. The summed E-state index contributed by atoms with van der Waals surface area (Å²) in [5.74, 6) is -0.452. The molecule has 2 heterocycles. The van der Waals surface area contributed by atoms with Gasteiger partial charge in [0.05, 0.1) is 22.6 Å². The van der Waals surface area contributed by atoms with Gasteiger partial charge in [-0.1, -0.05) is 6.92 Å². The molecule has 2 aromatic rings. The second-order valence-corrected chi connectivity index (χ2v) is 5.92. The minimum absolute atomic E-state index is 0.200. The highest BCUT2D eigenvalue weighted by Gasteiger charge is 2.18. The standard InChI is InChI=1S/C14H19BrN6O2/c1-3-5-16-14(23)13-11(8-17-20(13)2)19-12(22)4-6-21-9-10(15)7-18-21/h7-9H,3-6H2,1-2H3,(H,16,23)(H,19,22). The molecule has 0 unspecified atom stereocenters. The van der Waals surface area contributed by atoms with Crippen molar-refractivity contribution in [2.75, 3.05) is 11.9 Å². The SMILES string of the molecule is CCCNC(=O)c1c(NC(=O)CCn2cc(Br)cn2)cnn1C. The first-order valence-corrected chi connectivity index (χ1v) is 8.08. The maximum Gasteiger partial charge on any atom is 0.271 e. The van der Waals surface area contributed by atoms with Crippen molar-refractivity contribution in [2.45, 2.75) is 26.3 Å². The van der Waals surface area contributed by atoms with Gasteiger partial charge in [-0.15, -0.1) is 0 Å². The highest BCUT2D eigenvalue weighted by Crippen LogP contribution is 2.14. The van der Waals surface area contributed by atoms with E-state index in [1.807, 2.05) is 6.92 Å². The van der Waals surface area contributed by atoms with E-state index < -0.39 is 0 Å². The van der Waals surface area contributed by atoms with Crippen molar-refractivity contribution in [1.29, 1.82) is 0 Å². The Morgan fingerprint density at radius 1 is 1.30 bits per heavy atom. The van der Waals surface area contributed by atoms with Crippen molar-refractivity contribution in [3.63, 3.8) is 0 Å². The van der Waals surface area contributed by atoms with Crippen LogP contribution in [0.5, 0.6) is 0 Å². The number of nitrogens with one attached hydrogen (secondary N) is 2. The Balaban J connectivity index is 1.96. The molecule has 9 heteroatoms. The van der Waals surface area contributed by atoms with E-state index in [1.165, 1.54) is 10.9 Å². The fourth-order valence-corrected chi connectivity index (χ4v) is 2.34. The minimum Gasteiger partial charge on any atom is -0.351 e. The van der Waals surface area contributed by atoms with Crippen LogP contribution in [0.3, 0.4) is 0 Å². The van der Waals surface area contributed by atoms with E-state index in [-0.39, 0.29) is 18.2 Å². The van der Waals surface area contributed by atoms with Gasteiger partial charge in [0.25, 0.3) is 5.91 Å². The molecule has 8 nitrogen and oxygen atoms in total. The summed E-state index contributed by atoms with van der Waals surface area (Å²) >= 11 is 3.30. The second-order valence-electron chi connectivity index (χ2n) is 5.01. The van der Waals surface area contributed by atoms with E-state index in [0.717, 1.165) is 10.9 Å². The van der Waals surface area contributed by atoms with Gasteiger partial charge in [0, 0.05) is 32.8 Å². The molecule has 0 aliphatic rings. The van der Waals surface area contributed by atoms with Crippen LogP contribution in [0.1, 0.15) is 30.3 Å². The van der Waals surface area contributed by atoms with Crippen molar-refractivity contribution in [1.82, 2.24) is 24.9 Å². The van der Waals surface area contributed by atoms with Crippen molar-refractivity contribution < 1.29 is 9.59 Å². The van der Waals surface area contributed by atoms with E-state index in [9.17, 15) is 9.59 Å². The molecule has 2 amide bonds. The highest BCUT2D eigenvalue weighted by atomic mass is 79.9. The van der Waals surface area contributed by atoms with Crippen LogP contribution in [0, 0.1) is 0 Å². The minimum atomic E-state index is -0.252. The largest absolute Gasteiger partial charge is 0.351 e. The van der Waals surface area contributed by atoms with Crippen LogP contribution < -0.4 is 10.6 Å². The zero-order valence-electron chi connectivity index (χ0n) is 13.0. The number of amides is 2. The van der Waals surface area contributed by atoms with Gasteiger partial charge < -0.3 is 10.6 Å². The van der Waals surface area contributed by atoms with Crippen molar-refractivity contribution in [3.8, 4) is 0 Å². The van der Waals surface area contributed by atoms with Gasteiger partial charge in [-0.05, 0) is 22.4 Å². The number of hydrogen-bond donors (Lipinski definition) is 2. The molecule has 23 heavy (non-hydrogen) atoms. The van der Waals surface area contributed by atoms with Gasteiger partial charge in [0.15, 0.2) is 0 Å². The molecule has 0 aliphatic heterocycles. The summed E-state index contributed by atoms with van der Waals surface area (Å²) in [4.78, 5) is 24.2. The first-order chi connectivity index (χ1) is 11.0. The fraction of sp³-hybridized carbons (Fsp3) is 0.429. The topological polar surface area (TPSA) is 93.8 Å². The Labute approximate surface area is 142 Å². The lowest BCUT2D eigenvalue weighted by molar-refractivity contribution is -0.116. The predicted molar refractivity (Wildman–Crippen MR) is 89.0 cm³/mol. The number of nitrogens with zero attached hydrogens (tertiary/aromatic N) is 4. The van der Waals surface area contributed by atoms with Crippen LogP contribution in [0.2, 0.25) is 0 Å². The van der Waals surface area contributed by atoms with Crippen LogP contribution in [0.15, 0.2) is 23.1 Å². The average molecular weight is 383 g/mol. The van der Waals surface area contributed by atoms with Crippen molar-refractivity contribution in [2.24, 2.45) is 7.05 Å². The van der Waals surface area contributed by atoms with Crippen LogP contribution >= 0.6 is 15.9 Å². The van der Waals surface area contributed by atoms with E-state index >= 15 is 0 Å². The van der Waals surface area contributed by atoms with E-state index in [1.54, 1.807) is 24.1 Å². The number of anilines is 1. The summed E-state index contributed by atoms with van der Waals surface area (Å²) in [6.45, 7) is 3.00. The molecule has 2 N–H and O–H groups in total. The lowest BCUT2D eigenvalue weighted by Crippen LogP contribution is -2.27. The van der Waals surface area contributed by atoms with Crippen molar-refractivity contribution in [3.05, 3.63) is 28.8 Å². The molecule has 0 saturated heterocycles. The Hall–Kier alpha value is -2.16. The molecule has 0 spiro atoms. The summed E-state index contributed by atoms with van der Waals surface area (Å²) < 4.78 is 3.98. The third-order valence-corrected chi connectivity index (χ3v) is 3.54. The molecule has 124 valence electrons. The molecule has 0 aliphatic carbocycles. The van der Waals surface area contributed by atoms with Crippen LogP contribution in [-0.4, -0.2) is 37.9 Å². The number of aryl methyl sites for hydroxylation is 2. The smallest absolute Gasteiger partial charge is 0.271 e. The first kappa shape index (κ1) is 17.2. The highest BCUT2D eigenvalue weighted by molar-refractivity contribution is 9.10. The Morgan fingerprint density at radius 2 is 2.09 bits per heavy atom. The maximum absolute atomic E-state index is 12.1. The zero-order chi connectivity index (χ0) is 16.8. The predicted octanol–water partition coefficient (Wildman–Crippen LogP) is 1.55. The number of rotatable bonds is 7. The molecule has 0 bridgehead atoms. The van der Waals surface area contributed by atoms with Gasteiger partial charge >= 0.3 is 0 Å². The molecule has 2 aromatic heterocycles. The average Bonchev–Trinajstić information content (AvgIpc) is 3.09. The third-order valence-electron chi connectivity index (χ3n) is 3.13. The molecule has 2 rings (SSSR count). The van der Waals surface area contributed by atoms with Gasteiger partial charge in [-0.3, -0.25) is 19.0 Å². The Bertz CT molecular complexity index is 693. The van der Waals surface area contributed by atoms with Gasteiger partial charge in [-0.25, -0.2) is 0 Å². The molecule has 0 radical (unpaired) electrons. The zero-order valence-corrected chi connectivity index (χ0v) is 14.6. The molecular formula is C14H19BrN6O2. The van der Waals surface area contributed by atoms with Crippen LogP contribution in [0.4, 0.5) is 5.69 Å². The normalized spacial score (nSPS) is 10.6. The summed E-state index contributed by atoms with van der Waals surface area (Å²) in [6.07, 6.45) is 6.02. The number of hydrogen-bond acceptors (Lipinski definition) is 4. The second kappa shape index (κ2) is 7.91. The number of aromatic nitrogens is 4.